The van der Waals surface area contributed by atoms with E-state index in [1.54, 1.807) is 0 Å². The number of anilines is 3. The van der Waals surface area contributed by atoms with Crippen molar-refractivity contribution in [3.8, 4) is 50.2 Å². The molecular weight excluding hydrogens is 765 g/mol. The topological polar surface area (TPSA) is 21.3 Å². The Morgan fingerprint density at radius 1 is 0.317 bits per heavy atom. The van der Waals surface area contributed by atoms with Crippen LogP contribution in [0.3, 0.4) is 0 Å². The number of hydrogen-bond acceptors (Lipinski definition) is 2. The molecule has 0 spiro atoms. The van der Waals surface area contributed by atoms with E-state index in [-0.39, 0.29) is 0 Å². The van der Waals surface area contributed by atoms with Crippen molar-refractivity contribution in [2.75, 3.05) is 4.90 Å². The van der Waals surface area contributed by atoms with Gasteiger partial charge in [0, 0.05) is 49.6 Å². The summed E-state index contributed by atoms with van der Waals surface area (Å²) in [7, 11) is 0. The average Bonchev–Trinajstić information content (AvgIpc) is 3.91. The molecule has 0 atom stereocenters. The third-order valence-electron chi connectivity index (χ3n) is 12.4. The van der Waals surface area contributed by atoms with Crippen molar-refractivity contribution in [2.24, 2.45) is 0 Å². The van der Waals surface area contributed by atoms with Gasteiger partial charge in [-0.05, 0) is 82.4 Å². The van der Waals surface area contributed by atoms with Crippen molar-refractivity contribution >= 4 is 60.8 Å². The first kappa shape index (κ1) is 36.5. The van der Waals surface area contributed by atoms with Gasteiger partial charge in [0.2, 0.25) is 0 Å². The predicted octanol–water partition coefficient (Wildman–Crippen LogP) is 16.8. The molecule has 10 aromatic carbocycles. The summed E-state index contributed by atoms with van der Waals surface area (Å²) < 4.78 is 9.06. The lowest BCUT2D eigenvalue weighted by atomic mass is 9.95. The van der Waals surface area contributed by atoms with Crippen LogP contribution in [0.15, 0.2) is 247 Å². The molecule has 296 valence electrons. The number of aromatic nitrogens is 1. The standard InChI is InChI=1S/C60H40N2O/c1-4-17-41(18-5-1)42-31-33-43(34-32-42)45-35-38-57(54(39-45)44-19-6-2-7-20-44)61(46-21-8-3-9-22-46)47-36-37-50-48-23-10-13-28-55(48)62(58(50)40-47)56-29-14-11-24-49(56)52-26-16-27-53-51-25-12-15-30-59(51)63-60(52)53/h1-40H. The molecule has 0 bridgehead atoms. The van der Waals surface area contributed by atoms with Gasteiger partial charge in [0.1, 0.15) is 11.2 Å². The molecule has 0 amide bonds. The third-order valence-corrected chi connectivity index (χ3v) is 12.4. The Labute approximate surface area is 366 Å². The monoisotopic (exact) mass is 804 g/mol. The first-order valence-corrected chi connectivity index (χ1v) is 21.5. The van der Waals surface area contributed by atoms with Gasteiger partial charge in [0.05, 0.1) is 22.4 Å². The smallest absolute Gasteiger partial charge is 0.143 e. The molecule has 0 aliphatic heterocycles. The van der Waals surface area contributed by atoms with Crippen LogP contribution in [0, 0.1) is 0 Å². The molecule has 0 aliphatic rings. The summed E-state index contributed by atoms with van der Waals surface area (Å²) in [4.78, 5) is 2.41. The van der Waals surface area contributed by atoms with Crippen molar-refractivity contribution < 1.29 is 4.42 Å². The quantitative estimate of drug-likeness (QED) is 0.153. The van der Waals surface area contributed by atoms with Crippen LogP contribution in [0.1, 0.15) is 0 Å². The number of nitrogens with zero attached hydrogens (tertiary/aromatic N) is 2. The van der Waals surface area contributed by atoms with E-state index in [0.29, 0.717) is 0 Å². The van der Waals surface area contributed by atoms with E-state index < -0.39 is 0 Å². The summed E-state index contributed by atoms with van der Waals surface area (Å²) in [6.45, 7) is 0. The largest absolute Gasteiger partial charge is 0.455 e. The summed E-state index contributed by atoms with van der Waals surface area (Å²) in [5.41, 5.74) is 17.6. The Bertz CT molecular complexity index is 3600. The van der Waals surface area contributed by atoms with Crippen LogP contribution in [-0.4, -0.2) is 4.57 Å². The molecule has 0 radical (unpaired) electrons. The zero-order chi connectivity index (χ0) is 41.7. The minimum absolute atomic E-state index is 0.892. The fraction of sp³-hybridized carbons (Fsp3) is 0. The molecule has 0 unspecified atom stereocenters. The molecule has 0 saturated heterocycles. The molecule has 0 fully saturated rings. The Morgan fingerprint density at radius 3 is 1.68 bits per heavy atom. The van der Waals surface area contributed by atoms with Gasteiger partial charge in [-0.3, -0.25) is 0 Å². The Balaban J connectivity index is 1.06. The van der Waals surface area contributed by atoms with Gasteiger partial charge in [-0.2, -0.15) is 0 Å². The van der Waals surface area contributed by atoms with Crippen LogP contribution in [-0.2, 0) is 0 Å². The zero-order valence-corrected chi connectivity index (χ0v) is 34.4. The maximum absolute atomic E-state index is 6.63. The van der Waals surface area contributed by atoms with Gasteiger partial charge in [-0.25, -0.2) is 0 Å². The summed E-state index contributed by atoms with van der Waals surface area (Å²) in [6.07, 6.45) is 0. The molecule has 63 heavy (non-hydrogen) atoms. The second-order valence-corrected chi connectivity index (χ2v) is 16.1. The number of furan rings is 1. The van der Waals surface area contributed by atoms with Crippen LogP contribution in [0.5, 0.6) is 0 Å². The molecule has 0 aliphatic carbocycles. The van der Waals surface area contributed by atoms with E-state index in [1.165, 1.54) is 27.5 Å². The van der Waals surface area contributed by atoms with E-state index in [4.69, 9.17) is 4.42 Å². The van der Waals surface area contributed by atoms with Gasteiger partial charge < -0.3 is 13.9 Å². The third kappa shape index (κ3) is 6.29. The molecule has 12 rings (SSSR count). The van der Waals surface area contributed by atoms with Crippen LogP contribution in [0.2, 0.25) is 0 Å². The second kappa shape index (κ2) is 15.3. The maximum atomic E-state index is 6.63. The van der Waals surface area contributed by atoms with Gasteiger partial charge in [-0.15, -0.1) is 0 Å². The van der Waals surface area contributed by atoms with Crippen LogP contribution in [0.25, 0.3) is 93.9 Å². The van der Waals surface area contributed by atoms with Crippen LogP contribution >= 0.6 is 0 Å². The molecule has 0 saturated carbocycles. The minimum atomic E-state index is 0.892. The highest BCUT2D eigenvalue weighted by atomic mass is 16.3. The van der Waals surface area contributed by atoms with E-state index >= 15 is 0 Å². The highest BCUT2D eigenvalue weighted by Crippen LogP contribution is 2.46. The maximum Gasteiger partial charge on any atom is 0.143 e. The minimum Gasteiger partial charge on any atom is -0.455 e. The highest BCUT2D eigenvalue weighted by molar-refractivity contribution is 6.13. The van der Waals surface area contributed by atoms with Crippen molar-refractivity contribution in [3.05, 3.63) is 243 Å². The van der Waals surface area contributed by atoms with Crippen LogP contribution in [0.4, 0.5) is 17.1 Å². The second-order valence-electron chi connectivity index (χ2n) is 16.1. The van der Waals surface area contributed by atoms with Crippen molar-refractivity contribution in [3.63, 3.8) is 0 Å². The number of rotatable bonds is 8. The van der Waals surface area contributed by atoms with Gasteiger partial charge in [-0.1, -0.05) is 188 Å². The normalized spacial score (nSPS) is 11.5. The lowest BCUT2D eigenvalue weighted by Gasteiger charge is -2.28. The molecule has 12 aromatic rings. The number of hydrogen-bond donors (Lipinski definition) is 0. The molecule has 0 N–H and O–H groups in total. The highest BCUT2D eigenvalue weighted by Gasteiger charge is 2.22. The Morgan fingerprint density at radius 2 is 0.889 bits per heavy atom. The number of fused-ring (bicyclic) bond motifs is 6. The first-order valence-electron chi connectivity index (χ1n) is 21.5. The average molecular weight is 805 g/mol. The fourth-order valence-corrected chi connectivity index (χ4v) is 9.46. The summed E-state index contributed by atoms with van der Waals surface area (Å²) in [5, 5.41) is 4.63. The molecule has 2 aromatic heterocycles. The predicted molar refractivity (Wildman–Crippen MR) is 264 cm³/mol. The van der Waals surface area contributed by atoms with E-state index in [2.05, 4.69) is 246 Å². The van der Waals surface area contributed by atoms with E-state index in [1.807, 2.05) is 6.07 Å². The molecule has 2 heterocycles. The van der Waals surface area contributed by atoms with E-state index in [9.17, 15) is 0 Å². The van der Waals surface area contributed by atoms with E-state index in [0.717, 1.165) is 83.5 Å². The lowest BCUT2D eigenvalue weighted by molar-refractivity contribution is 0.670. The Hall–Kier alpha value is -8.40. The number of para-hydroxylation sites is 5. The van der Waals surface area contributed by atoms with Crippen molar-refractivity contribution in [2.45, 2.75) is 0 Å². The summed E-state index contributed by atoms with van der Waals surface area (Å²) in [6, 6.07) is 87.1. The van der Waals surface area contributed by atoms with Crippen molar-refractivity contribution in [1.29, 1.82) is 0 Å². The Kier molecular flexibility index (Phi) is 8.83. The zero-order valence-electron chi connectivity index (χ0n) is 34.4. The number of benzene rings is 10. The SMILES string of the molecule is c1ccc(-c2ccc(-c3ccc(N(c4ccccc4)c4ccc5c6ccccc6n(-c6ccccc6-c6cccc7c6oc6ccccc67)c5c4)c(-c4ccccc4)c3)cc2)cc1. The summed E-state index contributed by atoms with van der Waals surface area (Å²) >= 11 is 0. The van der Waals surface area contributed by atoms with Gasteiger partial charge in [0.25, 0.3) is 0 Å². The van der Waals surface area contributed by atoms with Gasteiger partial charge >= 0.3 is 0 Å². The first-order chi connectivity index (χ1) is 31.3. The lowest BCUT2D eigenvalue weighted by Crippen LogP contribution is -2.11. The van der Waals surface area contributed by atoms with Crippen molar-refractivity contribution in [1.82, 2.24) is 4.57 Å². The molecular formula is C60H40N2O. The molecule has 3 nitrogen and oxygen atoms in total. The molecule has 3 heteroatoms. The van der Waals surface area contributed by atoms with Gasteiger partial charge in [0.15, 0.2) is 0 Å². The fourth-order valence-electron chi connectivity index (χ4n) is 9.46. The summed E-state index contributed by atoms with van der Waals surface area (Å²) in [5.74, 6) is 0. The van der Waals surface area contributed by atoms with Crippen LogP contribution < -0.4 is 4.90 Å².